The SMILES string of the molecule is CCCN(CC#N)C(=O)c1nc(C)n(-c2ccccc2C(C)C)n1. The minimum absolute atomic E-state index is 0.0445. The van der Waals surface area contributed by atoms with E-state index in [0.29, 0.717) is 18.3 Å². The van der Waals surface area contributed by atoms with E-state index in [2.05, 4.69) is 30.0 Å². The van der Waals surface area contributed by atoms with Crippen LogP contribution in [0.5, 0.6) is 0 Å². The van der Waals surface area contributed by atoms with E-state index >= 15 is 0 Å². The van der Waals surface area contributed by atoms with Crippen LogP contribution in [-0.2, 0) is 0 Å². The van der Waals surface area contributed by atoms with Crippen LogP contribution < -0.4 is 0 Å². The van der Waals surface area contributed by atoms with Crippen molar-refractivity contribution in [3.05, 3.63) is 41.5 Å². The fourth-order valence-electron chi connectivity index (χ4n) is 2.63. The fourth-order valence-corrected chi connectivity index (χ4v) is 2.63. The van der Waals surface area contributed by atoms with Gasteiger partial charge in [-0.2, -0.15) is 5.26 Å². The summed E-state index contributed by atoms with van der Waals surface area (Å²) in [7, 11) is 0. The molecule has 1 heterocycles. The molecule has 0 radical (unpaired) electrons. The number of hydrogen-bond acceptors (Lipinski definition) is 4. The summed E-state index contributed by atoms with van der Waals surface area (Å²) in [6, 6.07) is 10.00. The second-order valence-electron chi connectivity index (χ2n) is 5.99. The molecule has 0 aliphatic carbocycles. The molecule has 0 fully saturated rings. The molecular weight excluding hydrogens is 302 g/mol. The summed E-state index contributed by atoms with van der Waals surface area (Å²) < 4.78 is 1.71. The Bertz CT molecular complexity index is 757. The van der Waals surface area contributed by atoms with Crippen molar-refractivity contribution in [3.63, 3.8) is 0 Å². The summed E-state index contributed by atoms with van der Waals surface area (Å²) in [6.07, 6.45) is 0.781. The number of amides is 1. The van der Waals surface area contributed by atoms with Gasteiger partial charge in [0.05, 0.1) is 11.8 Å². The zero-order valence-electron chi connectivity index (χ0n) is 14.7. The molecule has 0 atom stereocenters. The molecule has 24 heavy (non-hydrogen) atoms. The Labute approximate surface area is 142 Å². The lowest BCUT2D eigenvalue weighted by Crippen LogP contribution is -2.33. The van der Waals surface area contributed by atoms with Gasteiger partial charge in [-0.25, -0.2) is 9.67 Å². The maximum atomic E-state index is 12.6. The van der Waals surface area contributed by atoms with Gasteiger partial charge in [-0.3, -0.25) is 4.79 Å². The van der Waals surface area contributed by atoms with Crippen molar-refractivity contribution in [2.75, 3.05) is 13.1 Å². The fraction of sp³-hybridized carbons (Fsp3) is 0.444. The molecule has 6 heteroatoms. The number of aromatic nitrogens is 3. The lowest BCUT2D eigenvalue weighted by molar-refractivity contribution is 0.0764. The molecule has 0 N–H and O–H groups in total. The van der Waals surface area contributed by atoms with E-state index in [-0.39, 0.29) is 18.3 Å². The zero-order valence-corrected chi connectivity index (χ0v) is 14.7. The first-order chi connectivity index (χ1) is 11.5. The van der Waals surface area contributed by atoms with Gasteiger partial charge in [-0.05, 0) is 30.9 Å². The molecule has 2 aromatic rings. The Hall–Kier alpha value is -2.68. The molecular formula is C18H23N5O. The molecule has 0 spiro atoms. The number of benzene rings is 1. The van der Waals surface area contributed by atoms with E-state index in [9.17, 15) is 4.79 Å². The Morgan fingerprint density at radius 3 is 2.71 bits per heavy atom. The molecule has 0 aliphatic rings. The van der Waals surface area contributed by atoms with Crippen LogP contribution in [0, 0.1) is 18.3 Å². The molecule has 1 aromatic carbocycles. The number of nitriles is 1. The highest BCUT2D eigenvalue weighted by Crippen LogP contribution is 2.23. The first kappa shape index (κ1) is 17.7. The molecule has 6 nitrogen and oxygen atoms in total. The molecule has 0 unspecified atom stereocenters. The minimum atomic E-state index is -0.303. The first-order valence-corrected chi connectivity index (χ1v) is 8.18. The van der Waals surface area contributed by atoms with Crippen molar-refractivity contribution >= 4 is 5.91 Å². The van der Waals surface area contributed by atoms with Crippen LogP contribution in [0.3, 0.4) is 0 Å². The quantitative estimate of drug-likeness (QED) is 0.765. The van der Waals surface area contributed by atoms with Crippen LogP contribution in [0.25, 0.3) is 5.69 Å². The average Bonchev–Trinajstić information content (AvgIpc) is 2.95. The highest BCUT2D eigenvalue weighted by Gasteiger charge is 2.22. The summed E-state index contributed by atoms with van der Waals surface area (Å²) in [5.74, 6) is 0.816. The van der Waals surface area contributed by atoms with Gasteiger partial charge in [0.1, 0.15) is 12.4 Å². The summed E-state index contributed by atoms with van der Waals surface area (Å²) in [4.78, 5) is 18.4. The van der Waals surface area contributed by atoms with Gasteiger partial charge < -0.3 is 4.90 Å². The number of carbonyl (C=O) groups excluding carboxylic acids is 1. The van der Waals surface area contributed by atoms with E-state index in [1.165, 1.54) is 4.90 Å². The number of aryl methyl sites for hydroxylation is 1. The topological polar surface area (TPSA) is 74.8 Å². The number of rotatable bonds is 6. The predicted molar refractivity (Wildman–Crippen MR) is 92.0 cm³/mol. The minimum Gasteiger partial charge on any atom is -0.323 e. The third kappa shape index (κ3) is 3.62. The van der Waals surface area contributed by atoms with Crippen LogP contribution in [0.2, 0.25) is 0 Å². The standard InChI is InChI=1S/C18H23N5O/c1-5-11-22(12-10-19)18(24)17-20-14(4)23(21-17)16-9-7-6-8-15(16)13(2)3/h6-9,13H,5,11-12H2,1-4H3. The summed E-state index contributed by atoms with van der Waals surface area (Å²) in [5.41, 5.74) is 2.07. The van der Waals surface area contributed by atoms with Gasteiger partial charge in [-0.15, -0.1) is 5.10 Å². The van der Waals surface area contributed by atoms with Gasteiger partial charge in [-0.1, -0.05) is 39.0 Å². The van der Waals surface area contributed by atoms with Gasteiger partial charge in [0.2, 0.25) is 5.82 Å². The molecule has 126 valence electrons. The van der Waals surface area contributed by atoms with E-state index in [1.807, 2.05) is 38.1 Å². The van der Waals surface area contributed by atoms with E-state index in [1.54, 1.807) is 4.68 Å². The molecule has 1 amide bonds. The number of hydrogen-bond donors (Lipinski definition) is 0. The Balaban J connectivity index is 2.41. The molecule has 0 aliphatic heterocycles. The highest BCUT2D eigenvalue weighted by atomic mass is 16.2. The lowest BCUT2D eigenvalue weighted by atomic mass is 10.0. The number of nitrogens with zero attached hydrogens (tertiary/aromatic N) is 5. The van der Waals surface area contributed by atoms with Gasteiger partial charge >= 0.3 is 0 Å². The van der Waals surface area contributed by atoms with Crippen LogP contribution in [0.4, 0.5) is 0 Å². The third-order valence-corrected chi connectivity index (χ3v) is 3.79. The molecule has 0 bridgehead atoms. The molecule has 0 saturated carbocycles. The lowest BCUT2D eigenvalue weighted by Gasteiger charge is -2.16. The largest absolute Gasteiger partial charge is 0.323 e. The Morgan fingerprint density at radius 1 is 1.38 bits per heavy atom. The molecule has 0 saturated heterocycles. The van der Waals surface area contributed by atoms with Gasteiger partial charge in [0, 0.05) is 6.54 Å². The Kier molecular flexibility index (Phi) is 5.69. The predicted octanol–water partition coefficient (Wildman–Crippen LogP) is 3.07. The smallest absolute Gasteiger partial charge is 0.294 e. The Morgan fingerprint density at radius 2 is 2.08 bits per heavy atom. The van der Waals surface area contributed by atoms with E-state index in [0.717, 1.165) is 17.7 Å². The van der Waals surface area contributed by atoms with E-state index < -0.39 is 0 Å². The van der Waals surface area contributed by atoms with Crippen LogP contribution in [0.1, 0.15) is 55.1 Å². The van der Waals surface area contributed by atoms with E-state index in [4.69, 9.17) is 5.26 Å². The number of carbonyl (C=O) groups is 1. The van der Waals surface area contributed by atoms with Crippen LogP contribution in [-0.4, -0.2) is 38.7 Å². The second-order valence-corrected chi connectivity index (χ2v) is 5.99. The first-order valence-electron chi connectivity index (χ1n) is 8.18. The molecule has 2 rings (SSSR count). The zero-order chi connectivity index (χ0) is 17.7. The van der Waals surface area contributed by atoms with Gasteiger partial charge in [0.25, 0.3) is 5.91 Å². The summed E-state index contributed by atoms with van der Waals surface area (Å²) in [6.45, 7) is 8.59. The normalized spacial score (nSPS) is 10.7. The monoisotopic (exact) mass is 325 g/mol. The maximum absolute atomic E-state index is 12.6. The van der Waals surface area contributed by atoms with Crippen molar-refractivity contribution in [2.24, 2.45) is 0 Å². The van der Waals surface area contributed by atoms with Crippen LogP contribution in [0.15, 0.2) is 24.3 Å². The summed E-state index contributed by atoms with van der Waals surface area (Å²) in [5, 5.41) is 13.3. The van der Waals surface area contributed by atoms with Crippen molar-refractivity contribution in [2.45, 2.75) is 40.0 Å². The third-order valence-electron chi connectivity index (χ3n) is 3.79. The molecule has 1 aromatic heterocycles. The average molecular weight is 325 g/mol. The second kappa shape index (κ2) is 7.73. The van der Waals surface area contributed by atoms with Crippen molar-refractivity contribution in [3.8, 4) is 11.8 Å². The number of para-hydroxylation sites is 1. The van der Waals surface area contributed by atoms with Crippen molar-refractivity contribution in [1.29, 1.82) is 5.26 Å². The van der Waals surface area contributed by atoms with Gasteiger partial charge in [0.15, 0.2) is 0 Å². The maximum Gasteiger partial charge on any atom is 0.294 e. The van der Waals surface area contributed by atoms with Crippen molar-refractivity contribution in [1.82, 2.24) is 19.7 Å². The summed E-state index contributed by atoms with van der Waals surface area (Å²) >= 11 is 0. The van der Waals surface area contributed by atoms with Crippen molar-refractivity contribution < 1.29 is 4.79 Å². The van der Waals surface area contributed by atoms with Crippen LogP contribution >= 0.6 is 0 Å². The highest BCUT2D eigenvalue weighted by molar-refractivity contribution is 5.90.